The quantitative estimate of drug-likeness (QED) is 0.511. The van der Waals surface area contributed by atoms with Crippen LogP contribution in [0.2, 0.25) is 0 Å². The molecule has 1 aliphatic rings. The van der Waals surface area contributed by atoms with E-state index < -0.39 is 5.60 Å². The molecule has 0 saturated carbocycles. The Morgan fingerprint density at radius 2 is 2.07 bits per heavy atom. The van der Waals surface area contributed by atoms with Gasteiger partial charge in [0.1, 0.15) is 11.4 Å². The summed E-state index contributed by atoms with van der Waals surface area (Å²) >= 11 is 0. The van der Waals surface area contributed by atoms with Crippen LogP contribution < -0.4 is 10.3 Å². The molecule has 0 aliphatic carbocycles. The Kier molecular flexibility index (Phi) is 4.57. The molecule has 1 aliphatic heterocycles. The third-order valence-corrected chi connectivity index (χ3v) is 5.26. The highest BCUT2D eigenvalue weighted by atomic mass is 16.5. The van der Waals surface area contributed by atoms with E-state index in [0.717, 1.165) is 16.8 Å². The van der Waals surface area contributed by atoms with Crippen LogP contribution >= 0.6 is 0 Å². The number of H-pyrrole nitrogens is 1. The average molecular weight is 404 g/mol. The molecule has 5 rings (SSSR count). The zero-order valence-corrected chi connectivity index (χ0v) is 16.1. The molecule has 8 heteroatoms. The summed E-state index contributed by atoms with van der Waals surface area (Å²) in [5, 5.41) is 10.6. The molecule has 0 unspecified atom stereocenters. The largest absolute Gasteiger partial charge is 0.493 e. The molecule has 2 N–H and O–H groups in total. The number of aromatic amines is 1. The fourth-order valence-electron chi connectivity index (χ4n) is 3.55. The molecule has 0 spiro atoms. The Bertz CT molecular complexity index is 1230. The molecule has 3 aromatic heterocycles. The van der Waals surface area contributed by atoms with Gasteiger partial charge < -0.3 is 19.6 Å². The van der Waals surface area contributed by atoms with Gasteiger partial charge in [0.25, 0.3) is 5.56 Å². The number of hydrogen-bond acceptors (Lipinski definition) is 6. The van der Waals surface area contributed by atoms with Gasteiger partial charge in [0.15, 0.2) is 5.65 Å². The van der Waals surface area contributed by atoms with Crippen LogP contribution in [0.3, 0.4) is 0 Å². The van der Waals surface area contributed by atoms with E-state index in [4.69, 9.17) is 9.47 Å². The summed E-state index contributed by atoms with van der Waals surface area (Å²) in [6.45, 7) is 1.13. The van der Waals surface area contributed by atoms with Gasteiger partial charge in [0.2, 0.25) is 0 Å². The Morgan fingerprint density at radius 3 is 2.77 bits per heavy atom. The lowest BCUT2D eigenvalue weighted by Crippen LogP contribution is -2.50. The van der Waals surface area contributed by atoms with E-state index in [-0.39, 0.29) is 5.56 Å². The van der Waals surface area contributed by atoms with E-state index in [1.54, 1.807) is 12.4 Å². The fraction of sp³-hybridized carbons (Fsp3) is 0.227. The van der Waals surface area contributed by atoms with Gasteiger partial charge in [0, 0.05) is 24.4 Å². The summed E-state index contributed by atoms with van der Waals surface area (Å²) in [5.74, 6) is 0.700. The summed E-state index contributed by atoms with van der Waals surface area (Å²) in [6.07, 6.45) is 7.25. The fourth-order valence-corrected chi connectivity index (χ4v) is 3.55. The standard InChI is InChI=1S/C22H20N4O4/c27-21-19-18(11-26(20(19)24-14-25-21)16-2-1-8-23-10-16)15-3-5-17(6-4-15)30-9-7-22(28)12-29-13-22/h1-6,8,10-11,14,28H,7,9,12-13H2,(H,24,25,27). The van der Waals surface area contributed by atoms with Gasteiger partial charge in [-0.2, -0.15) is 0 Å². The molecule has 152 valence electrons. The predicted octanol–water partition coefficient (Wildman–Crippen LogP) is 2.31. The predicted molar refractivity (Wildman–Crippen MR) is 111 cm³/mol. The van der Waals surface area contributed by atoms with Crippen molar-refractivity contribution in [2.45, 2.75) is 12.0 Å². The molecular weight excluding hydrogens is 384 g/mol. The minimum atomic E-state index is -0.762. The molecule has 1 fully saturated rings. The molecule has 0 atom stereocenters. The molecule has 0 amide bonds. The number of hydrogen-bond donors (Lipinski definition) is 2. The van der Waals surface area contributed by atoms with Crippen LogP contribution in [0.15, 0.2) is 66.1 Å². The van der Waals surface area contributed by atoms with E-state index in [2.05, 4.69) is 15.0 Å². The van der Waals surface area contributed by atoms with Gasteiger partial charge in [-0.3, -0.25) is 14.3 Å². The highest BCUT2D eigenvalue weighted by Gasteiger charge is 2.35. The van der Waals surface area contributed by atoms with Crippen molar-refractivity contribution >= 4 is 11.0 Å². The number of ether oxygens (including phenoxy) is 2. The van der Waals surface area contributed by atoms with Gasteiger partial charge in [0.05, 0.1) is 43.4 Å². The SMILES string of the molecule is O=c1[nH]cnc2c1c(-c1ccc(OCCC3(O)COC3)cc1)cn2-c1cccnc1. The number of aromatic nitrogens is 4. The zero-order chi connectivity index (χ0) is 20.6. The van der Waals surface area contributed by atoms with Crippen molar-refractivity contribution < 1.29 is 14.6 Å². The first kappa shape index (κ1) is 18.5. The molecule has 0 bridgehead atoms. The molecule has 1 saturated heterocycles. The molecule has 4 aromatic rings. The van der Waals surface area contributed by atoms with Crippen LogP contribution in [0, 0.1) is 0 Å². The van der Waals surface area contributed by atoms with Crippen LogP contribution in [0.1, 0.15) is 6.42 Å². The first-order valence-electron chi connectivity index (χ1n) is 9.65. The molecule has 30 heavy (non-hydrogen) atoms. The first-order chi connectivity index (χ1) is 14.6. The number of rotatable bonds is 6. The number of benzene rings is 1. The van der Waals surface area contributed by atoms with Gasteiger partial charge in [-0.15, -0.1) is 0 Å². The van der Waals surface area contributed by atoms with Gasteiger partial charge in [-0.1, -0.05) is 12.1 Å². The highest BCUT2D eigenvalue weighted by Crippen LogP contribution is 2.30. The summed E-state index contributed by atoms with van der Waals surface area (Å²) in [7, 11) is 0. The van der Waals surface area contributed by atoms with Gasteiger partial charge in [-0.05, 0) is 29.8 Å². The highest BCUT2D eigenvalue weighted by molar-refractivity contribution is 5.94. The van der Waals surface area contributed by atoms with E-state index in [1.807, 2.05) is 47.2 Å². The second kappa shape index (κ2) is 7.40. The van der Waals surface area contributed by atoms with Crippen LogP contribution in [0.25, 0.3) is 27.8 Å². The van der Waals surface area contributed by atoms with Crippen molar-refractivity contribution in [1.82, 2.24) is 19.5 Å². The molecule has 4 heterocycles. The van der Waals surface area contributed by atoms with Crippen molar-refractivity contribution in [2.75, 3.05) is 19.8 Å². The third-order valence-electron chi connectivity index (χ3n) is 5.26. The number of aliphatic hydroxyl groups is 1. The Morgan fingerprint density at radius 1 is 1.23 bits per heavy atom. The summed E-state index contributed by atoms with van der Waals surface area (Å²) < 4.78 is 12.6. The zero-order valence-electron chi connectivity index (χ0n) is 16.1. The number of nitrogens with zero attached hydrogens (tertiary/aromatic N) is 3. The van der Waals surface area contributed by atoms with E-state index in [0.29, 0.717) is 43.0 Å². The van der Waals surface area contributed by atoms with Crippen LogP contribution in [-0.2, 0) is 4.74 Å². The van der Waals surface area contributed by atoms with E-state index >= 15 is 0 Å². The van der Waals surface area contributed by atoms with Crippen molar-refractivity contribution in [1.29, 1.82) is 0 Å². The normalized spacial score (nSPS) is 15.1. The second-order valence-corrected chi connectivity index (χ2v) is 7.39. The lowest BCUT2D eigenvalue weighted by molar-refractivity contribution is -0.184. The van der Waals surface area contributed by atoms with Crippen molar-refractivity contribution in [3.05, 3.63) is 71.7 Å². The molecule has 1 aromatic carbocycles. The van der Waals surface area contributed by atoms with Crippen molar-refractivity contribution in [2.24, 2.45) is 0 Å². The monoisotopic (exact) mass is 404 g/mol. The maximum Gasteiger partial charge on any atom is 0.260 e. The average Bonchev–Trinajstić information content (AvgIpc) is 3.15. The van der Waals surface area contributed by atoms with Crippen LogP contribution in [-0.4, -0.2) is 50.0 Å². The van der Waals surface area contributed by atoms with Crippen molar-refractivity contribution in [3.63, 3.8) is 0 Å². The van der Waals surface area contributed by atoms with E-state index in [9.17, 15) is 9.90 Å². The topological polar surface area (TPSA) is 102 Å². The van der Waals surface area contributed by atoms with Gasteiger partial charge >= 0.3 is 0 Å². The van der Waals surface area contributed by atoms with Crippen LogP contribution in [0.5, 0.6) is 5.75 Å². The lowest BCUT2D eigenvalue weighted by atomic mass is 9.99. The number of pyridine rings is 1. The molecule has 8 nitrogen and oxygen atoms in total. The number of fused-ring (bicyclic) bond motifs is 1. The molecule has 0 radical (unpaired) electrons. The third kappa shape index (κ3) is 3.36. The second-order valence-electron chi connectivity index (χ2n) is 7.39. The van der Waals surface area contributed by atoms with Crippen molar-refractivity contribution in [3.8, 4) is 22.6 Å². The smallest absolute Gasteiger partial charge is 0.260 e. The summed E-state index contributed by atoms with van der Waals surface area (Å²) in [6, 6.07) is 11.3. The maximum atomic E-state index is 12.6. The Balaban J connectivity index is 1.45. The van der Waals surface area contributed by atoms with Crippen LogP contribution in [0.4, 0.5) is 0 Å². The number of nitrogens with one attached hydrogen (secondary N) is 1. The van der Waals surface area contributed by atoms with E-state index in [1.165, 1.54) is 6.33 Å². The minimum Gasteiger partial charge on any atom is -0.493 e. The Labute approximate surface area is 171 Å². The first-order valence-corrected chi connectivity index (χ1v) is 9.65. The Hall–Kier alpha value is -3.49. The maximum absolute atomic E-state index is 12.6. The minimum absolute atomic E-state index is 0.200. The van der Waals surface area contributed by atoms with Gasteiger partial charge in [-0.25, -0.2) is 4.98 Å². The summed E-state index contributed by atoms with van der Waals surface area (Å²) in [5.41, 5.74) is 2.08. The summed E-state index contributed by atoms with van der Waals surface area (Å²) in [4.78, 5) is 23.8. The lowest BCUT2D eigenvalue weighted by Gasteiger charge is -2.36. The molecular formula is C22H20N4O4.